The van der Waals surface area contributed by atoms with Crippen molar-refractivity contribution >= 4 is 82.4 Å². The smallest absolute Gasteiger partial charge is 0.320 e. The van der Waals surface area contributed by atoms with Crippen LogP contribution in [0.1, 0.15) is 25.7 Å². The number of benzene rings is 1. The molecule has 1 aromatic rings. The normalized spacial score (nSPS) is 24.4. The Morgan fingerprint density at radius 2 is 1.61 bits per heavy atom. The molecule has 1 fully saturated rings. The van der Waals surface area contributed by atoms with Gasteiger partial charge in [0.05, 0.1) is 29.3 Å². The molecule has 0 saturated carbocycles. The van der Waals surface area contributed by atoms with Gasteiger partial charge in [0, 0.05) is 37.3 Å². The molecule has 25 nitrogen and oxygen atoms in total. The number of guanidine groups is 1. The Balaban J connectivity index is 2.01. The molecule has 27 heteroatoms. The summed E-state index contributed by atoms with van der Waals surface area (Å²) in [4.78, 5) is 109. The van der Waals surface area contributed by atoms with Crippen molar-refractivity contribution in [1.29, 1.82) is 0 Å². The number of halogens is 2. The van der Waals surface area contributed by atoms with E-state index in [1.165, 1.54) is 18.2 Å². The van der Waals surface area contributed by atoms with Crippen molar-refractivity contribution in [3.05, 3.63) is 40.1 Å². The van der Waals surface area contributed by atoms with Crippen LogP contribution in [0, 0.1) is 0 Å². The topological polar surface area (TPSA) is 414 Å². The molecule has 20 N–H and O–H groups in total. The molecule has 2 heterocycles. The average molecular weight is 873 g/mol. The number of primary amides is 1. The average Bonchev–Trinajstić information content (AvgIpc) is 3.17. The first-order chi connectivity index (χ1) is 27.9. The molecule has 10 amide bonds. The summed E-state index contributed by atoms with van der Waals surface area (Å²) in [7, 11) is 0. The number of carbonyl (C=O) groups excluding carboxylic acids is 8. The largest absolute Gasteiger partial charge is 0.394 e. The molecule has 3 unspecified atom stereocenters. The SMILES string of the molecule is NCCC[C@H](N)CC(=O)NC1CNC(=O)[C@@H](C2CC(NC(=O)Nc3ccc(Cl)c(Cl)c3)N=C(N)N2)NC(=O)/C(=C/NC(N)=O)NC(=O)[C@@H](CO)NC(=O)[C@@H](CO)NC1=O. The van der Waals surface area contributed by atoms with E-state index in [0.29, 0.717) is 25.6 Å². The lowest BCUT2D eigenvalue weighted by Gasteiger charge is -2.34. The van der Waals surface area contributed by atoms with Crippen LogP contribution in [-0.4, -0.2) is 132 Å². The van der Waals surface area contributed by atoms with Crippen LogP contribution in [-0.2, 0) is 28.8 Å². The monoisotopic (exact) mass is 871 g/mol. The van der Waals surface area contributed by atoms with E-state index in [2.05, 4.69) is 52.8 Å². The van der Waals surface area contributed by atoms with Gasteiger partial charge in [0.25, 0.3) is 5.91 Å². The maximum atomic E-state index is 14.1. The minimum absolute atomic E-state index is 0.154. The van der Waals surface area contributed by atoms with E-state index < -0.39 is 115 Å². The number of nitrogens with two attached hydrogens (primary N) is 4. The summed E-state index contributed by atoms with van der Waals surface area (Å²) in [6.07, 6.45) is -0.154. The fourth-order valence-electron chi connectivity index (χ4n) is 5.47. The number of aliphatic hydroxyl groups is 2. The number of hydrogen-bond acceptors (Lipinski definition) is 15. The second-order valence-corrected chi connectivity index (χ2v) is 13.8. The second-order valence-electron chi connectivity index (χ2n) is 13.0. The summed E-state index contributed by atoms with van der Waals surface area (Å²) >= 11 is 12.0. The van der Waals surface area contributed by atoms with Crippen LogP contribution in [0.5, 0.6) is 0 Å². The number of anilines is 1. The zero-order valence-corrected chi connectivity index (χ0v) is 32.7. The fraction of sp³-hybridized carbons (Fsp3) is 0.469. The first kappa shape index (κ1) is 47.4. The molecule has 2 aliphatic rings. The number of aliphatic imine (C=N–C) groups is 1. The van der Waals surface area contributed by atoms with Gasteiger partial charge in [-0.1, -0.05) is 23.2 Å². The van der Waals surface area contributed by atoms with Crippen molar-refractivity contribution < 1.29 is 48.6 Å². The third kappa shape index (κ3) is 15.0. The lowest BCUT2D eigenvalue weighted by molar-refractivity contribution is -0.135. The number of nitrogens with one attached hydrogen (secondary N) is 10. The van der Waals surface area contributed by atoms with Gasteiger partial charge in [-0.3, -0.25) is 28.8 Å². The summed E-state index contributed by atoms with van der Waals surface area (Å²) in [6, 6.07) is -6.52. The Morgan fingerprint density at radius 3 is 2.25 bits per heavy atom. The molecule has 0 spiro atoms. The van der Waals surface area contributed by atoms with Crippen molar-refractivity contribution in [2.45, 2.75) is 68.1 Å². The van der Waals surface area contributed by atoms with Crippen molar-refractivity contribution in [2.75, 3.05) is 31.6 Å². The fourth-order valence-corrected chi connectivity index (χ4v) is 5.77. The van der Waals surface area contributed by atoms with Crippen LogP contribution in [0.25, 0.3) is 0 Å². The van der Waals surface area contributed by atoms with Crippen LogP contribution >= 0.6 is 23.2 Å². The molecule has 1 aromatic carbocycles. The quantitative estimate of drug-likeness (QED) is 0.0871. The van der Waals surface area contributed by atoms with Gasteiger partial charge in [0.15, 0.2) is 5.96 Å². The molecule has 324 valence electrons. The van der Waals surface area contributed by atoms with Crippen molar-refractivity contribution in [2.24, 2.45) is 27.9 Å². The van der Waals surface area contributed by atoms with Gasteiger partial charge in [-0.05, 0) is 37.6 Å². The molecule has 0 aromatic heterocycles. The molecule has 7 atom stereocenters. The number of aliphatic hydroxyl groups excluding tert-OH is 2. The first-order valence-corrected chi connectivity index (χ1v) is 18.6. The molecule has 0 aliphatic carbocycles. The Kier molecular flexibility index (Phi) is 18.3. The first-order valence-electron chi connectivity index (χ1n) is 17.8. The van der Waals surface area contributed by atoms with Gasteiger partial charge >= 0.3 is 12.1 Å². The maximum absolute atomic E-state index is 14.1. The summed E-state index contributed by atoms with van der Waals surface area (Å²) in [5.74, 6) is -6.86. The molecule has 1 saturated heterocycles. The number of urea groups is 2. The number of nitrogens with zero attached hydrogens (tertiary/aromatic N) is 1. The Morgan fingerprint density at radius 1 is 0.932 bits per heavy atom. The van der Waals surface area contributed by atoms with E-state index in [0.717, 1.165) is 0 Å². The van der Waals surface area contributed by atoms with E-state index in [4.69, 9.17) is 46.1 Å². The molecule has 59 heavy (non-hydrogen) atoms. The van der Waals surface area contributed by atoms with Crippen LogP contribution in [0.2, 0.25) is 10.0 Å². The zero-order chi connectivity index (χ0) is 43.8. The van der Waals surface area contributed by atoms with Gasteiger partial charge in [-0.15, -0.1) is 0 Å². The Bertz CT molecular complexity index is 1820. The van der Waals surface area contributed by atoms with E-state index in [9.17, 15) is 48.6 Å². The highest BCUT2D eigenvalue weighted by molar-refractivity contribution is 6.42. The van der Waals surface area contributed by atoms with Crippen LogP contribution in [0.3, 0.4) is 0 Å². The van der Waals surface area contributed by atoms with Crippen LogP contribution in [0.4, 0.5) is 15.3 Å². The van der Waals surface area contributed by atoms with Gasteiger partial charge in [0.1, 0.15) is 36.0 Å². The number of hydrogen-bond donors (Lipinski definition) is 16. The highest BCUT2D eigenvalue weighted by Crippen LogP contribution is 2.25. The number of amides is 10. The summed E-state index contributed by atoms with van der Waals surface area (Å²) in [5, 5.41) is 43.8. The van der Waals surface area contributed by atoms with Gasteiger partial charge in [-0.25, -0.2) is 14.6 Å². The predicted octanol–water partition coefficient (Wildman–Crippen LogP) is -5.75. The van der Waals surface area contributed by atoms with E-state index in [1.807, 2.05) is 5.32 Å². The van der Waals surface area contributed by atoms with Crippen molar-refractivity contribution in [1.82, 2.24) is 47.9 Å². The Labute approximate surface area is 345 Å². The maximum Gasteiger partial charge on any atom is 0.320 e. The molecular formula is C32H47Cl2N15O10. The molecule has 0 bridgehead atoms. The van der Waals surface area contributed by atoms with E-state index >= 15 is 0 Å². The third-order valence-electron chi connectivity index (χ3n) is 8.40. The number of carbonyl (C=O) groups is 8. The summed E-state index contributed by atoms with van der Waals surface area (Å²) in [5.41, 5.74) is 22.2. The van der Waals surface area contributed by atoms with E-state index in [-0.39, 0.29) is 34.5 Å². The highest BCUT2D eigenvalue weighted by Gasteiger charge is 2.38. The lowest BCUT2D eigenvalue weighted by Crippen LogP contribution is -2.65. The molecule has 0 radical (unpaired) electrons. The van der Waals surface area contributed by atoms with Gasteiger partial charge < -0.3 is 86.3 Å². The standard InChI is InChI=1S/C32H47Cl2N15O10/c33-15-4-3-14(7-16(15)34)41-32(59)48-22-8-17(46-30(37)47-22)24-29(57)39-9-18(42-23(52)6-13(36)2-1-5-35)25(53)44-21(12-51)28(56)45-20(11-50)27(55)43-19(26(54)49-24)10-40-31(38)58/h3-4,7,10,13,17-18,20-22,24,50-51H,1-2,5-6,8-9,11-12,35-36H2,(H,39,57)(H,42,52)(H,43,55)(H,44,53)(H,45,56)(H,49,54)(H3,37,46,47)(H3,38,40,58)(H2,41,48,59)/b19-10-/t13-,17?,18?,20+,21+,22?,24+/m0/s1. The Hall–Kier alpha value is -5.99. The lowest BCUT2D eigenvalue weighted by atomic mass is 10.00. The molecule has 3 rings (SSSR count). The second kappa shape index (κ2) is 22.8. The summed E-state index contributed by atoms with van der Waals surface area (Å²) < 4.78 is 0. The summed E-state index contributed by atoms with van der Waals surface area (Å²) in [6.45, 7) is -2.49. The van der Waals surface area contributed by atoms with Gasteiger partial charge in [0.2, 0.25) is 29.5 Å². The van der Waals surface area contributed by atoms with E-state index in [1.54, 1.807) is 0 Å². The predicted molar refractivity (Wildman–Crippen MR) is 210 cm³/mol. The minimum atomic E-state index is -1.83. The van der Waals surface area contributed by atoms with Crippen molar-refractivity contribution in [3.8, 4) is 0 Å². The highest BCUT2D eigenvalue weighted by atomic mass is 35.5. The molecule has 2 aliphatic heterocycles. The van der Waals surface area contributed by atoms with Gasteiger partial charge in [-0.2, -0.15) is 0 Å². The minimum Gasteiger partial charge on any atom is -0.394 e. The zero-order valence-electron chi connectivity index (χ0n) is 31.2. The third-order valence-corrected chi connectivity index (χ3v) is 9.14. The van der Waals surface area contributed by atoms with Crippen molar-refractivity contribution in [3.63, 3.8) is 0 Å². The molecular weight excluding hydrogens is 825 g/mol. The van der Waals surface area contributed by atoms with Crippen LogP contribution in [0.15, 0.2) is 35.1 Å². The van der Waals surface area contributed by atoms with Crippen LogP contribution < -0.4 is 76.1 Å². The number of rotatable bonds is 12.